The third-order valence-electron chi connectivity index (χ3n) is 4.98. The van der Waals surface area contributed by atoms with Crippen molar-refractivity contribution in [3.63, 3.8) is 0 Å². The second-order valence-corrected chi connectivity index (χ2v) is 8.63. The van der Waals surface area contributed by atoms with Crippen molar-refractivity contribution in [3.8, 4) is 17.5 Å². The van der Waals surface area contributed by atoms with Gasteiger partial charge in [-0.15, -0.1) is 10.2 Å². The molecule has 5 nitrogen and oxygen atoms in total. The predicted octanol–water partition coefficient (Wildman–Crippen LogP) is 6.15. The molecule has 0 spiro atoms. The van der Waals surface area contributed by atoms with Gasteiger partial charge in [0.2, 0.25) is 0 Å². The number of unbranched alkanes of at least 4 members (excludes halogenated alkanes) is 3. The Balaban J connectivity index is 1.77. The Labute approximate surface area is 192 Å². The molecular formula is C24H25ClN4OS. The molecule has 3 aromatic rings. The van der Waals surface area contributed by atoms with Gasteiger partial charge < -0.3 is 4.57 Å². The number of hydrogen-bond donors (Lipinski definition) is 0. The van der Waals surface area contributed by atoms with E-state index in [-0.39, 0.29) is 11.5 Å². The maximum absolute atomic E-state index is 12.8. The molecule has 1 aromatic heterocycles. The van der Waals surface area contributed by atoms with Crippen molar-refractivity contribution in [3.05, 3.63) is 65.2 Å². The van der Waals surface area contributed by atoms with Crippen LogP contribution < -0.4 is 0 Å². The summed E-state index contributed by atoms with van der Waals surface area (Å²) in [6, 6.07) is 18.8. The number of nitriles is 1. The molecule has 0 amide bonds. The van der Waals surface area contributed by atoms with Crippen LogP contribution in [-0.4, -0.2) is 26.3 Å². The molecule has 0 fully saturated rings. The topological polar surface area (TPSA) is 71.6 Å². The number of halogens is 1. The van der Waals surface area contributed by atoms with E-state index in [1.807, 2.05) is 54.6 Å². The van der Waals surface area contributed by atoms with Gasteiger partial charge in [0.25, 0.3) is 0 Å². The quantitative estimate of drug-likeness (QED) is 0.258. The highest BCUT2D eigenvalue weighted by Crippen LogP contribution is 2.27. The number of Topliss-reactive ketones (excluding diaryl/α,β-unsaturated/α-hetero) is 1. The summed E-state index contributed by atoms with van der Waals surface area (Å²) in [6.07, 6.45) is 4.48. The van der Waals surface area contributed by atoms with Gasteiger partial charge in [-0.2, -0.15) is 5.26 Å². The average Bonchev–Trinajstić information content (AvgIpc) is 3.20. The summed E-state index contributed by atoms with van der Waals surface area (Å²) in [6.45, 7) is 2.96. The minimum atomic E-state index is -0.773. The molecule has 1 atom stereocenters. The summed E-state index contributed by atoms with van der Waals surface area (Å²) in [4.78, 5) is 12.8. The molecule has 160 valence electrons. The Morgan fingerprint density at radius 1 is 1.10 bits per heavy atom. The first kappa shape index (κ1) is 23.1. The van der Waals surface area contributed by atoms with Gasteiger partial charge in [0.05, 0.1) is 11.8 Å². The molecule has 0 N–H and O–H groups in total. The smallest absolute Gasteiger partial charge is 0.191 e. The first-order chi connectivity index (χ1) is 15.1. The average molecular weight is 453 g/mol. The monoisotopic (exact) mass is 452 g/mol. The van der Waals surface area contributed by atoms with Gasteiger partial charge in [0.1, 0.15) is 5.92 Å². The van der Waals surface area contributed by atoms with E-state index < -0.39 is 5.92 Å². The van der Waals surface area contributed by atoms with Crippen molar-refractivity contribution in [1.82, 2.24) is 14.8 Å². The fourth-order valence-corrected chi connectivity index (χ4v) is 4.30. The van der Waals surface area contributed by atoms with Crippen molar-refractivity contribution in [2.45, 2.75) is 50.2 Å². The Morgan fingerprint density at radius 2 is 1.84 bits per heavy atom. The van der Waals surface area contributed by atoms with Gasteiger partial charge in [-0.3, -0.25) is 4.79 Å². The van der Waals surface area contributed by atoms with Crippen LogP contribution in [-0.2, 0) is 11.3 Å². The van der Waals surface area contributed by atoms with Crippen molar-refractivity contribution >= 4 is 29.1 Å². The lowest BCUT2D eigenvalue weighted by atomic mass is 9.97. The molecule has 0 saturated heterocycles. The van der Waals surface area contributed by atoms with Crippen LogP contribution in [0.1, 0.15) is 44.1 Å². The summed E-state index contributed by atoms with van der Waals surface area (Å²) in [5.41, 5.74) is 1.66. The lowest BCUT2D eigenvalue weighted by Gasteiger charge is -2.11. The summed E-state index contributed by atoms with van der Waals surface area (Å²) >= 11 is 7.37. The second-order valence-electron chi connectivity index (χ2n) is 7.25. The lowest BCUT2D eigenvalue weighted by molar-refractivity contribution is -0.116. The van der Waals surface area contributed by atoms with Crippen LogP contribution in [0.5, 0.6) is 0 Å². The molecule has 1 unspecified atom stereocenters. The molecule has 31 heavy (non-hydrogen) atoms. The summed E-state index contributed by atoms with van der Waals surface area (Å²) in [5.74, 6) is 0.0292. The minimum absolute atomic E-state index is 0.132. The molecule has 2 aromatic carbocycles. The first-order valence-electron chi connectivity index (χ1n) is 10.4. The van der Waals surface area contributed by atoms with Gasteiger partial charge >= 0.3 is 0 Å². The summed E-state index contributed by atoms with van der Waals surface area (Å²) in [5, 5.41) is 19.6. The van der Waals surface area contributed by atoms with Gasteiger partial charge in [0.15, 0.2) is 16.8 Å². The minimum Gasteiger partial charge on any atom is -0.302 e. The van der Waals surface area contributed by atoms with Crippen molar-refractivity contribution < 1.29 is 4.79 Å². The fraction of sp³-hybridized carbons (Fsp3) is 0.333. The molecule has 0 bridgehead atoms. The van der Waals surface area contributed by atoms with E-state index in [2.05, 4.69) is 27.8 Å². The van der Waals surface area contributed by atoms with Crippen LogP contribution in [0, 0.1) is 11.3 Å². The third-order valence-corrected chi connectivity index (χ3v) is 6.22. The molecule has 0 radical (unpaired) electrons. The third kappa shape index (κ3) is 6.19. The van der Waals surface area contributed by atoms with E-state index >= 15 is 0 Å². The molecule has 0 aliphatic rings. The van der Waals surface area contributed by atoms with Gasteiger partial charge in [0, 0.05) is 17.1 Å². The molecular weight excluding hydrogens is 428 g/mol. The molecule has 0 aliphatic heterocycles. The predicted molar refractivity (Wildman–Crippen MR) is 125 cm³/mol. The number of hydrogen-bond acceptors (Lipinski definition) is 5. The van der Waals surface area contributed by atoms with Gasteiger partial charge in [-0.25, -0.2) is 0 Å². The van der Waals surface area contributed by atoms with Crippen LogP contribution in [0.25, 0.3) is 11.4 Å². The number of carbonyl (C=O) groups is 1. The standard InChI is InChI=1S/C24H25ClN4OS/c1-2-3-4-8-15-29-23(19-11-13-20(25)14-12-19)27-28-24(29)31-17-22(30)21(16-26)18-9-6-5-7-10-18/h5-7,9-14,21H,2-4,8,15,17H2,1H3. The zero-order chi connectivity index (χ0) is 22.1. The number of aromatic nitrogens is 3. The number of ketones is 1. The second kappa shape index (κ2) is 11.7. The largest absolute Gasteiger partial charge is 0.302 e. The number of nitrogens with zero attached hydrogens (tertiary/aromatic N) is 4. The van der Waals surface area contributed by atoms with E-state index in [4.69, 9.17) is 11.6 Å². The highest BCUT2D eigenvalue weighted by atomic mass is 35.5. The van der Waals surface area contributed by atoms with E-state index in [9.17, 15) is 10.1 Å². The number of benzene rings is 2. The number of rotatable bonds is 11. The summed E-state index contributed by atoms with van der Waals surface area (Å²) < 4.78 is 2.07. The van der Waals surface area contributed by atoms with Crippen molar-refractivity contribution in [1.29, 1.82) is 5.26 Å². The van der Waals surface area contributed by atoms with Crippen molar-refractivity contribution in [2.75, 3.05) is 5.75 Å². The highest BCUT2D eigenvalue weighted by Gasteiger charge is 2.22. The zero-order valence-corrected chi connectivity index (χ0v) is 19.1. The molecule has 0 aliphatic carbocycles. The van der Waals surface area contributed by atoms with Crippen LogP contribution in [0.4, 0.5) is 0 Å². The molecule has 7 heteroatoms. The fourth-order valence-electron chi connectivity index (χ4n) is 3.30. The van der Waals surface area contributed by atoms with Gasteiger partial charge in [-0.1, -0.05) is 79.9 Å². The highest BCUT2D eigenvalue weighted by molar-refractivity contribution is 7.99. The summed E-state index contributed by atoms with van der Waals surface area (Å²) in [7, 11) is 0. The maximum Gasteiger partial charge on any atom is 0.191 e. The Morgan fingerprint density at radius 3 is 2.52 bits per heavy atom. The Bertz CT molecular complexity index is 1030. The zero-order valence-electron chi connectivity index (χ0n) is 17.5. The normalized spacial score (nSPS) is 11.8. The Hall–Kier alpha value is -2.62. The van der Waals surface area contributed by atoms with Crippen LogP contribution in [0.3, 0.4) is 0 Å². The van der Waals surface area contributed by atoms with Crippen LogP contribution >= 0.6 is 23.4 Å². The van der Waals surface area contributed by atoms with Crippen LogP contribution in [0.15, 0.2) is 59.8 Å². The SMILES string of the molecule is CCCCCCn1c(SCC(=O)C(C#N)c2ccccc2)nnc1-c1ccc(Cl)cc1. The maximum atomic E-state index is 12.8. The Kier molecular flexibility index (Phi) is 8.69. The van der Waals surface area contributed by atoms with E-state index in [1.165, 1.54) is 18.2 Å². The first-order valence-corrected chi connectivity index (χ1v) is 11.8. The van der Waals surface area contributed by atoms with Gasteiger partial charge in [-0.05, 0) is 36.2 Å². The lowest BCUT2D eigenvalue weighted by Crippen LogP contribution is -2.14. The number of carbonyl (C=O) groups excluding carboxylic acids is 1. The van der Waals surface area contributed by atoms with Crippen LogP contribution in [0.2, 0.25) is 5.02 Å². The van der Waals surface area contributed by atoms with E-state index in [0.29, 0.717) is 10.2 Å². The number of thioether (sulfide) groups is 1. The molecule has 1 heterocycles. The van der Waals surface area contributed by atoms with E-state index in [1.54, 1.807) is 0 Å². The molecule has 3 rings (SSSR count). The molecule has 0 saturated carbocycles. The van der Waals surface area contributed by atoms with Crippen molar-refractivity contribution in [2.24, 2.45) is 0 Å². The van der Waals surface area contributed by atoms with E-state index in [0.717, 1.165) is 42.8 Å².